The maximum Gasteiger partial charge on any atom is 0.359 e. The fourth-order valence-electron chi connectivity index (χ4n) is 4.52. The van der Waals surface area contributed by atoms with Crippen LogP contribution in [0.5, 0.6) is 5.75 Å². The van der Waals surface area contributed by atoms with Crippen molar-refractivity contribution < 1.29 is 23.9 Å². The van der Waals surface area contributed by atoms with Gasteiger partial charge in [-0.2, -0.15) is 0 Å². The first-order chi connectivity index (χ1) is 16.7. The van der Waals surface area contributed by atoms with Gasteiger partial charge in [0, 0.05) is 17.8 Å². The molecule has 9 heteroatoms. The number of hydrogen-bond donors (Lipinski definition) is 1. The van der Waals surface area contributed by atoms with Gasteiger partial charge in [-0.25, -0.2) is 9.78 Å². The van der Waals surface area contributed by atoms with Crippen LogP contribution in [-0.2, 0) is 22.6 Å². The van der Waals surface area contributed by atoms with E-state index in [0.29, 0.717) is 11.4 Å². The zero-order valence-corrected chi connectivity index (χ0v) is 20.4. The van der Waals surface area contributed by atoms with Crippen LogP contribution in [-0.4, -0.2) is 47.1 Å². The highest BCUT2D eigenvalue weighted by Gasteiger charge is 2.50. The van der Waals surface area contributed by atoms with Crippen LogP contribution in [0.1, 0.15) is 44.6 Å². The summed E-state index contributed by atoms with van der Waals surface area (Å²) in [6.07, 6.45) is 1.39. The number of anilines is 1. The molecule has 4 rings (SSSR count). The average molecular weight is 477 g/mol. The number of ether oxygens (including phenoxy) is 2. The standard InChI is InChI=1S/C26H28N4O5/c1-16-10-11-19(17(2)12-16)30-23(31)22-21(24(32)35-5)28-15-29(22)14-26(30,3)25(33)27-13-18-8-6-7-9-20(18)34-4/h6-12,15H,13-14H2,1-5H3,(H,27,33)/t26-/m0/s1. The molecule has 3 aromatic rings. The number of carbonyl (C=O) groups is 3. The smallest absolute Gasteiger partial charge is 0.359 e. The number of rotatable bonds is 6. The summed E-state index contributed by atoms with van der Waals surface area (Å²) in [5.74, 6) is -0.910. The third kappa shape index (κ3) is 4.14. The summed E-state index contributed by atoms with van der Waals surface area (Å²) in [4.78, 5) is 45.5. The van der Waals surface area contributed by atoms with Crippen LogP contribution in [0.4, 0.5) is 5.69 Å². The van der Waals surface area contributed by atoms with Crippen molar-refractivity contribution in [1.29, 1.82) is 0 Å². The van der Waals surface area contributed by atoms with Crippen molar-refractivity contribution in [3.63, 3.8) is 0 Å². The number of fused-ring (bicyclic) bond motifs is 1. The van der Waals surface area contributed by atoms with E-state index in [9.17, 15) is 14.4 Å². The summed E-state index contributed by atoms with van der Waals surface area (Å²) < 4.78 is 11.8. The summed E-state index contributed by atoms with van der Waals surface area (Å²) >= 11 is 0. The zero-order chi connectivity index (χ0) is 25.3. The summed E-state index contributed by atoms with van der Waals surface area (Å²) in [6.45, 7) is 5.87. The highest BCUT2D eigenvalue weighted by molar-refractivity contribution is 6.15. The molecule has 2 aromatic carbocycles. The van der Waals surface area contributed by atoms with Gasteiger partial charge in [0.05, 0.1) is 27.1 Å². The predicted octanol–water partition coefficient (Wildman–Crippen LogP) is 3.03. The van der Waals surface area contributed by atoms with Gasteiger partial charge < -0.3 is 19.4 Å². The van der Waals surface area contributed by atoms with E-state index in [1.54, 1.807) is 14.0 Å². The average Bonchev–Trinajstić information content (AvgIpc) is 3.27. The molecule has 0 spiro atoms. The van der Waals surface area contributed by atoms with Gasteiger partial charge in [-0.15, -0.1) is 0 Å². The Labute approximate surface area is 203 Å². The van der Waals surface area contributed by atoms with Crippen LogP contribution < -0.4 is 15.0 Å². The van der Waals surface area contributed by atoms with E-state index in [-0.39, 0.29) is 30.4 Å². The number of hydrogen-bond acceptors (Lipinski definition) is 6. The second kappa shape index (κ2) is 9.25. The van der Waals surface area contributed by atoms with Gasteiger partial charge in [-0.05, 0) is 38.5 Å². The Balaban J connectivity index is 1.78. The topological polar surface area (TPSA) is 103 Å². The minimum Gasteiger partial charge on any atom is -0.496 e. The van der Waals surface area contributed by atoms with E-state index in [0.717, 1.165) is 16.7 Å². The molecule has 0 saturated heterocycles. The van der Waals surface area contributed by atoms with E-state index in [2.05, 4.69) is 10.3 Å². The molecule has 2 heterocycles. The van der Waals surface area contributed by atoms with Gasteiger partial charge in [0.25, 0.3) is 5.91 Å². The number of esters is 1. The molecule has 0 unspecified atom stereocenters. The maximum atomic E-state index is 13.9. The summed E-state index contributed by atoms with van der Waals surface area (Å²) in [7, 11) is 2.81. The fraction of sp³-hybridized carbons (Fsp3) is 0.308. The van der Waals surface area contributed by atoms with E-state index < -0.39 is 17.4 Å². The molecule has 0 saturated carbocycles. The van der Waals surface area contributed by atoms with Crippen molar-refractivity contribution >= 4 is 23.5 Å². The molecule has 0 aliphatic carbocycles. The molecule has 1 aliphatic heterocycles. The van der Waals surface area contributed by atoms with Crippen LogP contribution in [0.25, 0.3) is 0 Å². The molecule has 2 amide bonds. The van der Waals surface area contributed by atoms with E-state index in [1.165, 1.54) is 22.9 Å². The Morgan fingerprint density at radius 3 is 2.57 bits per heavy atom. The Kier molecular flexibility index (Phi) is 6.34. The van der Waals surface area contributed by atoms with Gasteiger partial charge in [0.2, 0.25) is 5.91 Å². The normalized spacial score (nSPS) is 17.1. The quantitative estimate of drug-likeness (QED) is 0.549. The number of nitrogens with one attached hydrogen (secondary N) is 1. The molecule has 35 heavy (non-hydrogen) atoms. The number of imidazole rings is 1. The summed E-state index contributed by atoms with van der Waals surface area (Å²) in [6, 6.07) is 13.1. The first-order valence-electron chi connectivity index (χ1n) is 11.2. The fourth-order valence-corrected chi connectivity index (χ4v) is 4.52. The van der Waals surface area contributed by atoms with Gasteiger partial charge >= 0.3 is 5.97 Å². The number of aromatic nitrogens is 2. The van der Waals surface area contributed by atoms with Crippen LogP contribution in [0, 0.1) is 13.8 Å². The Morgan fingerprint density at radius 1 is 1.14 bits per heavy atom. The van der Waals surface area contributed by atoms with Crippen molar-refractivity contribution in [2.24, 2.45) is 0 Å². The van der Waals surface area contributed by atoms with Gasteiger partial charge in [0.1, 0.15) is 17.0 Å². The predicted molar refractivity (Wildman–Crippen MR) is 130 cm³/mol. The van der Waals surface area contributed by atoms with Crippen molar-refractivity contribution in [3.05, 3.63) is 76.9 Å². The SMILES string of the molecule is COC(=O)c1ncn2c1C(=O)N(c1ccc(C)cc1C)[C@](C)(C(=O)NCc1ccccc1OC)C2. The van der Waals surface area contributed by atoms with Crippen LogP contribution in [0.15, 0.2) is 48.8 Å². The number of nitrogens with zero attached hydrogens (tertiary/aromatic N) is 3. The number of amides is 2. The lowest BCUT2D eigenvalue weighted by molar-refractivity contribution is -0.126. The molecule has 9 nitrogen and oxygen atoms in total. The van der Waals surface area contributed by atoms with E-state index >= 15 is 0 Å². The van der Waals surface area contributed by atoms with Crippen LogP contribution in [0.2, 0.25) is 0 Å². The lowest BCUT2D eigenvalue weighted by Gasteiger charge is -2.44. The number of aryl methyl sites for hydroxylation is 2. The number of benzene rings is 2. The second-order valence-corrected chi connectivity index (χ2v) is 8.76. The molecule has 1 aliphatic rings. The molecular formula is C26H28N4O5. The molecule has 182 valence electrons. The molecular weight excluding hydrogens is 448 g/mol. The monoisotopic (exact) mass is 476 g/mol. The first kappa shape index (κ1) is 24.0. The molecule has 1 atom stereocenters. The van der Waals surface area contributed by atoms with Gasteiger partial charge in [0.15, 0.2) is 5.69 Å². The lowest BCUT2D eigenvalue weighted by atomic mass is 9.92. The Bertz CT molecular complexity index is 1310. The highest BCUT2D eigenvalue weighted by Crippen LogP contribution is 2.36. The maximum absolute atomic E-state index is 13.9. The molecule has 1 N–H and O–H groups in total. The number of methoxy groups -OCH3 is 2. The van der Waals surface area contributed by atoms with Crippen LogP contribution >= 0.6 is 0 Å². The molecule has 1 aromatic heterocycles. The number of para-hydroxylation sites is 1. The minimum atomic E-state index is -1.31. The summed E-state index contributed by atoms with van der Waals surface area (Å²) in [5.41, 5.74) is 1.95. The third-order valence-electron chi connectivity index (χ3n) is 6.31. The summed E-state index contributed by atoms with van der Waals surface area (Å²) in [5, 5.41) is 2.97. The largest absolute Gasteiger partial charge is 0.496 e. The zero-order valence-electron chi connectivity index (χ0n) is 20.4. The lowest BCUT2D eigenvalue weighted by Crippen LogP contribution is -2.64. The molecule has 0 bridgehead atoms. The van der Waals surface area contributed by atoms with E-state index in [4.69, 9.17) is 9.47 Å². The van der Waals surface area contributed by atoms with Crippen molar-refractivity contribution in [1.82, 2.24) is 14.9 Å². The minimum absolute atomic E-state index is 0.0799. The van der Waals surface area contributed by atoms with E-state index in [1.807, 2.05) is 56.3 Å². The van der Waals surface area contributed by atoms with Crippen molar-refractivity contribution in [2.45, 2.75) is 39.4 Å². The van der Waals surface area contributed by atoms with Gasteiger partial charge in [-0.1, -0.05) is 35.9 Å². The first-order valence-corrected chi connectivity index (χ1v) is 11.2. The third-order valence-corrected chi connectivity index (χ3v) is 6.31. The molecule has 0 radical (unpaired) electrons. The van der Waals surface area contributed by atoms with Gasteiger partial charge in [-0.3, -0.25) is 14.5 Å². The highest BCUT2D eigenvalue weighted by atomic mass is 16.5. The Morgan fingerprint density at radius 2 is 1.89 bits per heavy atom. The Hall–Kier alpha value is -4.14. The van der Waals surface area contributed by atoms with Crippen molar-refractivity contribution in [3.8, 4) is 5.75 Å². The number of carbonyl (C=O) groups excluding carboxylic acids is 3. The second-order valence-electron chi connectivity index (χ2n) is 8.76. The van der Waals surface area contributed by atoms with Crippen molar-refractivity contribution in [2.75, 3.05) is 19.1 Å². The van der Waals surface area contributed by atoms with Crippen LogP contribution in [0.3, 0.4) is 0 Å². The molecule has 0 fully saturated rings.